The molecule has 0 radical (unpaired) electrons. The lowest BCUT2D eigenvalue weighted by molar-refractivity contribution is 1.25. The van der Waals surface area contributed by atoms with Gasteiger partial charge in [-0.3, -0.25) is 9.97 Å². The lowest BCUT2D eigenvalue weighted by Gasteiger charge is -2.04. The zero-order valence-corrected chi connectivity index (χ0v) is 11.1. The lowest BCUT2D eigenvalue weighted by Crippen LogP contribution is -2.00. The number of allylic oxidation sites excluding steroid dienone is 3. The van der Waals surface area contributed by atoms with Gasteiger partial charge in [-0.2, -0.15) is 0 Å². The molecule has 2 rings (SSSR count). The van der Waals surface area contributed by atoms with Crippen LogP contribution in [0.4, 0.5) is 0 Å². The number of rotatable bonds is 5. The Labute approximate surface area is 118 Å². The maximum Gasteiger partial charge on any atom is 0.0894 e. The molecule has 0 N–H and O–H groups in total. The summed E-state index contributed by atoms with van der Waals surface area (Å²) in [6, 6.07) is 11.4. The Morgan fingerprint density at radius 2 is 1.60 bits per heavy atom. The van der Waals surface area contributed by atoms with Crippen LogP contribution in [0.3, 0.4) is 0 Å². The topological polar surface area (TPSA) is 38.1 Å². The largest absolute Gasteiger partial charge is 0.255 e. The third-order valence-corrected chi connectivity index (χ3v) is 2.56. The molecule has 0 saturated carbocycles. The summed E-state index contributed by atoms with van der Waals surface area (Å²) in [6.45, 7) is 7.52. The van der Waals surface area contributed by atoms with Crippen LogP contribution in [0.5, 0.6) is 0 Å². The van der Waals surface area contributed by atoms with Crippen molar-refractivity contribution in [3.8, 4) is 0 Å². The second kappa shape index (κ2) is 6.95. The Morgan fingerprint density at radius 3 is 2.10 bits per heavy atom. The highest BCUT2D eigenvalue weighted by Gasteiger charge is 2.04. The van der Waals surface area contributed by atoms with E-state index in [0.29, 0.717) is 5.71 Å². The van der Waals surface area contributed by atoms with Crippen LogP contribution in [0, 0.1) is 0 Å². The molecule has 3 heteroatoms. The molecule has 2 aromatic rings. The van der Waals surface area contributed by atoms with Crippen LogP contribution in [0.2, 0.25) is 0 Å². The van der Waals surface area contributed by atoms with E-state index in [1.54, 1.807) is 24.5 Å². The fraction of sp³-hybridized carbons (Fsp3) is 0. The molecule has 0 amide bonds. The van der Waals surface area contributed by atoms with E-state index >= 15 is 0 Å². The molecule has 0 aliphatic rings. The van der Waals surface area contributed by atoms with Crippen LogP contribution < -0.4 is 0 Å². The number of nitrogens with zero attached hydrogens (tertiary/aromatic N) is 3. The quantitative estimate of drug-likeness (QED) is 0.608. The van der Waals surface area contributed by atoms with Gasteiger partial charge in [-0.15, -0.1) is 0 Å². The highest BCUT2D eigenvalue weighted by Crippen LogP contribution is 2.15. The highest BCUT2D eigenvalue weighted by molar-refractivity contribution is 6.09. The standard InChI is InChI=1S/C17H15N3/c1-3-9-17(16-11-6-8-13-19-16)20-14(4-2)15-10-5-7-12-18-15/h3-13H,1-2H2/b17-9-,20-14+. The molecule has 20 heavy (non-hydrogen) atoms. The van der Waals surface area contributed by atoms with Gasteiger partial charge >= 0.3 is 0 Å². The predicted octanol–water partition coefficient (Wildman–Crippen LogP) is 3.68. The fourth-order valence-corrected chi connectivity index (χ4v) is 1.66. The van der Waals surface area contributed by atoms with Gasteiger partial charge in [0.2, 0.25) is 0 Å². The van der Waals surface area contributed by atoms with Crippen molar-refractivity contribution in [2.45, 2.75) is 0 Å². The van der Waals surface area contributed by atoms with E-state index in [4.69, 9.17) is 0 Å². The predicted molar refractivity (Wildman–Crippen MR) is 83.4 cm³/mol. The Bertz CT molecular complexity index is 640. The van der Waals surface area contributed by atoms with E-state index < -0.39 is 0 Å². The van der Waals surface area contributed by atoms with Crippen LogP contribution in [0.1, 0.15) is 11.4 Å². The van der Waals surface area contributed by atoms with E-state index in [-0.39, 0.29) is 0 Å². The smallest absolute Gasteiger partial charge is 0.0894 e. The maximum absolute atomic E-state index is 4.59. The second-order valence-electron chi connectivity index (χ2n) is 3.92. The SMILES string of the molecule is C=C/C=C(\N=C(/C=C)c1ccccn1)c1ccccn1. The molecular weight excluding hydrogens is 246 g/mol. The van der Waals surface area contributed by atoms with E-state index in [0.717, 1.165) is 17.1 Å². The molecular formula is C17H15N3. The monoisotopic (exact) mass is 261 g/mol. The van der Waals surface area contributed by atoms with Crippen molar-refractivity contribution in [3.05, 3.63) is 91.6 Å². The van der Waals surface area contributed by atoms with Crippen LogP contribution in [-0.2, 0) is 0 Å². The first kappa shape index (κ1) is 13.6. The third kappa shape index (κ3) is 3.36. The summed E-state index contributed by atoms with van der Waals surface area (Å²) < 4.78 is 0. The molecule has 0 bridgehead atoms. The molecule has 98 valence electrons. The van der Waals surface area contributed by atoms with Crippen LogP contribution >= 0.6 is 0 Å². The van der Waals surface area contributed by atoms with E-state index in [1.807, 2.05) is 42.5 Å². The molecule has 0 aromatic carbocycles. The number of pyridine rings is 2. The van der Waals surface area contributed by atoms with Crippen molar-refractivity contribution in [1.82, 2.24) is 9.97 Å². The van der Waals surface area contributed by atoms with Crippen LogP contribution in [-0.4, -0.2) is 15.7 Å². The summed E-state index contributed by atoms with van der Waals surface area (Å²) in [5.41, 5.74) is 2.97. The van der Waals surface area contributed by atoms with E-state index in [1.165, 1.54) is 0 Å². The minimum absolute atomic E-state index is 0.698. The van der Waals surface area contributed by atoms with E-state index in [9.17, 15) is 0 Å². The lowest BCUT2D eigenvalue weighted by atomic mass is 10.2. The molecule has 2 heterocycles. The van der Waals surface area contributed by atoms with Crippen molar-refractivity contribution in [2.75, 3.05) is 0 Å². The Balaban J connectivity index is 2.45. The van der Waals surface area contributed by atoms with Gasteiger partial charge in [0, 0.05) is 12.4 Å². The minimum Gasteiger partial charge on any atom is -0.255 e. The van der Waals surface area contributed by atoms with Crippen molar-refractivity contribution >= 4 is 11.4 Å². The second-order valence-corrected chi connectivity index (χ2v) is 3.92. The minimum atomic E-state index is 0.698. The number of aromatic nitrogens is 2. The Morgan fingerprint density at radius 1 is 0.950 bits per heavy atom. The van der Waals surface area contributed by atoms with Crippen molar-refractivity contribution in [3.63, 3.8) is 0 Å². The summed E-state index contributed by atoms with van der Waals surface area (Å²) in [6.07, 6.45) is 8.64. The van der Waals surface area contributed by atoms with Crippen molar-refractivity contribution in [2.24, 2.45) is 4.99 Å². The summed E-state index contributed by atoms with van der Waals surface area (Å²) in [5, 5.41) is 0. The average molecular weight is 261 g/mol. The Hall–Kier alpha value is -2.81. The summed E-state index contributed by atoms with van der Waals surface area (Å²) in [4.78, 5) is 13.2. The molecule has 0 unspecified atom stereocenters. The molecule has 3 nitrogen and oxygen atoms in total. The fourth-order valence-electron chi connectivity index (χ4n) is 1.66. The zero-order valence-electron chi connectivity index (χ0n) is 11.1. The van der Waals surface area contributed by atoms with Crippen LogP contribution in [0.15, 0.2) is 85.2 Å². The van der Waals surface area contributed by atoms with Gasteiger partial charge in [0.15, 0.2) is 0 Å². The van der Waals surface area contributed by atoms with Gasteiger partial charge in [0.05, 0.1) is 22.8 Å². The Kier molecular flexibility index (Phi) is 4.73. The van der Waals surface area contributed by atoms with Crippen molar-refractivity contribution in [1.29, 1.82) is 0 Å². The average Bonchev–Trinajstić information content (AvgIpc) is 2.53. The first-order chi connectivity index (χ1) is 9.85. The zero-order chi connectivity index (χ0) is 14.2. The summed E-state index contributed by atoms with van der Waals surface area (Å²) in [5.74, 6) is 0. The van der Waals surface area contributed by atoms with Gasteiger partial charge in [-0.25, -0.2) is 4.99 Å². The van der Waals surface area contributed by atoms with Gasteiger partial charge in [-0.05, 0) is 36.4 Å². The van der Waals surface area contributed by atoms with Crippen LogP contribution in [0.25, 0.3) is 5.70 Å². The maximum atomic E-state index is 4.59. The summed E-state index contributed by atoms with van der Waals surface area (Å²) >= 11 is 0. The van der Waals surface area contributed by atoms with Gasteiger partial charge in [0.25, 0.3) is 0 Å². The number of aliphatic imine (C=N–C) groups is 1. The number of hydrogen-bond donors (Lipinski definition) is 0. The molecule has 0 aliphatic heterocycles. The van der Waals surface area contributed by atoms with Crippen molar-refractivity contribution < 1.29 is 0 Å². The van der Waals surface area contributed by atoms with Gasteiger partial charge in [-0.1, -0.05) is 31.4 Å². The summed E-state index contributed by atoms with van der Waals surface area (Å²) in [7, 11) is 0. The first-order valence-corrected chi connectivity index (χ1v) is 6.22. The highest BCUT2D eigenvalue weighted by atomic mass is 14.8. The third-order valence-electron chi connectivity index (χ3n) is 2.56. The number of hydrogen-bond acceptors (Lipinski definition) is 3. The van der Waals surface area contributed by atoms with Gasteiger partial charge in [0.1, 0.15) is 0 Å². The normalized spacial score (nSPS) is 12.0. The molecule has 0 atom stereocenters. The van der Waals surface area contributed by atoms with E-state index in [2.05, 4.69) is 28.1 Å². The first-order valence-electron chi connectivity index (χ1n) is 6.22. The molecule has 0 saturated heterocycles. The molecule has 2 aromatic heterocycles. The molecule has 0 aliphatic carbocycles. The molecule has 0 spiro atoms. The molecule has 0 fully saturated rings. The van der Waals surface area contributed by atoms with Gasteiger partial charge < -0.3 is 0 Å².